The quantitative estimate of drug-likeness (QED) is 0.452. The summed E-state index contributed by atoms with van der Waals surface area (Å²) in [7, 11) is 0. The SMILES string of the molecule is CC(Oc1ccccc1/C=C1/SC(=S)N(NC(=O)c2ccc(Cl)cc2Cl)C1=O)C(=O)O. The van der Waals surface area contributed by atoms with Gasteiger partial charge in [0.05, 0.1) is 15.5 Å². The molecule has 2 amide bonds. The molecule has 2 aromatic rings. The molecule has 0 aromatic heterocycles. The van der Waals surface area contributed by atoms with E-state index in [1.165, 1.54) is 31.2 Å². The van der Waals surface area contributed by atoms with Crippen molar-refractivity contribution in [2.24, 2.45) is 0 Å². The average molecular weight is 497 g/mol. The summed E-state index contributed by atoms with van der Waals surface area (Å²) in [5.74, 6) is -2.00. The molecule has 7 nitrogen and oxygen atoms in total. The largest absolute Gasteiger partial charge is 0.479 e. The summed E-state index contributed by atoms with van der Waals surface area (Å²) in [6.45, 7) is 1.40. The maximum absolute atomic E-state index is 12.8. The lowest BCUT2D eigenvalue weighted by molar-refractivity contribution is -0.144. The highest BCUT2D eigenvalue weighted by Gasteiger charge is 2.34. The van der Waals surface area contributed by atoms with E-state index in [0.29, 0.717) is 16.3 Å². The fraction of sp³-hybridized carbons (Fsp3) is 0.100. The van der Waals surface area contributed by atoms with E-state index in [0.717, 1.165) is 16.8 Å². The Hall–Kier alpha value is -2.59. The second kappa shape index (κ2) is 9.69. The first-order valence-electron chi connectivity index (χ1n) is 8.70. The van der Waals surface area contributed by atoms with Crippen LogP contribution in [0.2, 0.25) is 10.0 Å². The smallest absolute Gasteiger partial charge is 0.344 e. The molecule has 0 aliphatic carbocycles. The van der Waals surface area contributed by atoms with Crippen LogP contribution in [0.3, 0.4) is 0 Å². The minimum atomic E-state index is -1.12. The molecule has 1 aliphatic heterocycles. The molecule has 1 saturated heterocycles. The molecular weight excluding hydrogens is 483 g/mol. The predicted octanol–water partition coefficient (Wildman–Crippen LogP) is 4.39. The molecule has 1 unspecified atom stereocenters. The van der Waals surface area contributed by atoms with Gasteiger partial charge in [0.25, 0.3) is 11.8 Å². The Bertz CT molecular complexity index is 1120. The molecule has 0 bridgehead atoms. The molecular formula is C20H14Cl2N2O5S2. The normalized spacial score (nSPS) is 15.8. The van der Waals surface area contributed by atoms with Gasteiger partial charge in [-0.3, -0.25) is 15.0 Å². The zero-order chi connectivity index (χ0) is 22.7. The summed E-state index contributed by atoms with van der Waals surface area (Å²) in [6.07, 6.45) is 0.442. The number of hydrazine groups is 1. The van der Waals surface area contributed by atoms with E-state index in [9.17, 15) is 14.4 Å². The first-order valence-corrected chi connectivity index (χ1v) is 10.7. The van der Waals surface area contributed by atoms with Crippen molar-refractivity contribution in [2.75, 3.05) is 0 Å². The Morgan fingerprint density at radius 1 is 1.26 bits per heavy atom. The highest BCUT2D eigenvalue weighted by molar-refractivity contribution is 8.26. The summed E-state index contributed by atoms with van der Waals surface area (Å²) in [5.41, 5.74) is 3.06. The van der Waals surface area contributed by atoms with Gasteiger partial charge in [0.1, 0.15) is 5.75 Å². The molecule has 160 valence electrons. The lowest BCUT2D eigenvalue weighted by atomic mass is 10.2. The summed E-state index contributed by atoms with van der Waals surface area (Å²) < 4.78 is 5.56. The van der Waals surface area contributed by atoms with Crippen molar-refractivity contribution in [3.05, 3.63) is 68.5 Å². The summed E-state index contributed by atoms with van der Waals surface area (Å²) >= 11 is 18.1. The zero-order valence-electron chi connectivity index (χ0n) is 15.8. The highest BCUT2D eigenvalue weighted by Crippen LogP contribution is 2.34. The van der Waals surface area contributed by atoms with Crippen LogP contribution in [0.5, 0.6) is 5.75 Å². The Balaban J connectivity index is 1.81. The van der Waals surface area contributed by atoms with Crippen LogP contribution in [0, 0.1) is 0 Å². The molecule has 1 atom stereocenters. The number of carbonyl (C=O) groups excluding carboxylic acids is 2. The van der Waals surface area contributed by atoms with Crippen LogP contribution >= 0.6 is 47.2 Å². The third kappa shape index (κ3) is 5.37. The minimum Gasteiger partial charge on any atom is -0.479 e. The van der Waals surface area contributed by atoms with E-state index < -0.39 is 23.9 Å². The standard InChI is InChI=1S/C20H14Cl2N2O5S2/c1-10(19(27)28)29-15-5-3-2-4-11(15)8-16-18(26)24(20(30)31-16)23-17(25)13-7-6-12(21)9-14(13)22/h2-10H,1H3,(H,23,25)(H,27,28)/b16-8+. The van der Waals surface area contributed by atoms with E-state index in [1.807, 2.05) is 0 Å². The molecule has 0 spiro atoms. The van der Waals surface area contributed by atoms with E-state index >= 15 is 0 Å². The van der Waals surface area contributed by atoms with Crippen molar-refractivity contribution >= 4 is 75.4 Å². The number of thiocarbonyl (C=S) groups is 1. The summed E-state index contributed by atoms with van der Waals surface area (Å²) in [6, 6.07) is 11.0. The van der Waals surface area contributed by atoms with E-state index in [1.54, 1.807) is 24.3 Å². The van der Waals surface area contributed by atoms with Gasteiger partial charge in [0.2, 0.25) is 0 Å². The van der Waals surface area contributed by atoms with Gasteiger partial charge >= 0.3 is 5.97 Å². The Kier molecular flexibility index (Phi) is 7.22. The van der Waals surface area contributed by atoms with E-state index in [-0.39, 0.29) is 19.8 Å². The third-order valence-electron chi connectivity index (χ3n) is 4.04. The summed E-state index contributed by atoms with van der Waals surface area (Å²) in [4.78, 5) is 36.7. The van der Waals surface area contributed by atoms with E-state index in [2.05, 4.69) is 5.43 Å². The fourth-order valence-electron chi connectivity index (χ4n) is 2.49. The van der Waals surface area contributed by atoms with Crippen LogP contribution in [0.1, 0.15) is 22.8 Å². The number of carbonyl (C=O) groups is 3. The second-order valence-corrected chi connectivity index (χ2v) is 8.74. The van der Waals surface area contributed by atoms with Crippen molar-refractivity contribution in [2.45, 2.75) is 13.0 Å². The van der Waals surface area contributed by atoms with Crippen molar-refractivity contribution in [3.8, 4) is 5.75 Å². The number of benzene rings is 2. The number of hydrogen-bond donors (Lipinski definition) is 2. The number of carboxylic acid groups (broad SMARTS) is 1. The maximum atomic E-state index is 12.8. The number of ether oxygens (including phenoxy) is 1. The molecule has 2 N–H and O–H groups in total. The van der Waals surface area contributed by atoms with Gasteiger partial charge in [0.15, 0.2) is 10.4 Å². The average Bonchev–Trinajstić information content (AvgIpc) is 2.96. The van der Waals surface area contributed by atoms with Crippen molar-refractivity contribution < 1.29 is 24.2 Å². The number of thioether (sulfide) groups is 1. The van der Waals surface area contributed by atoms with Crippen LogP contribution in [0.15, 0.2) is 47.4 Å². The number of carboxylic acids is 1. The molecule has 0 saturated carbocycles. The van der Waals surface area contributed by atoms with Gasteiger partial charge in [0, 0.05) is 10.6 Å². The van der Waals surface area contributed by atoms with Crippen LogP contribution < -0.4 is 10.2 Å². The van der Waals surface area contributed by atoms with Crippen molar-refractivity contribution in [1.82, 2.24) is 10.4 Å². The van der Waals surface area contributed by atoms with Gasteiger partial charge in [-0.1, -0.05) is 53.2 Å². The predicted molar refractivity (Wildman–Crippen MR) is 123 cm³/mol. The van der Waals surface area contributed by atoms with Crippen LogP contribution in [0.25, 0.3) is 6.08 Å². The number of para-hydroxylation sites is 1. The lowest BCUT2D eigenvalue weighted by Crippen LogP contribution is -2.44. The van der Waals surface area contributed by atoms with Crippen molar-refractivity contribution in [1.29, 1.82) is 0 Å². The van der Waals surface area contributed by atoms with Crippen LogP contribution in [-0.4, -0.2) is 38.3 Å². The lowest BCUT2D eigenvalue weighted by Gasteiger charge is -2.16. The van der Waals surface area contributed by atoms with Crippen LogP contribution in [0.4, 0.5) is 0 Å². The Labute approximate surface area is 196 Å². The van der Waals surface area contributed by atoms with Crippen LogP contribution in [-0.2, 0) is 9.59 Å². The maximum Gasteiger partial charge on any atom is 0.344 e. The molecule has 31 heavy (non-hydrogen) atoms. The molecule has 1 aliphatic rings. The number of amides is 2. The monoisotopic (exact) mass is 496 g/mol. The zero-order valence-corrected chi connectivity index (χ0v) is 18.9. The number of halogens is 2. The van der Waals surface area contributed by atoms with Gasteiger partial charge in [-0.25, -0.2) is 4.79 Å². The summed E-state index contributed by atoms with van der Waals surface area (Å²) in [5, 5.41) is 10.5. The minimum absolute atomic E-state index is 0.118. The third-order valence-corrected chi connectivity index (χ3v) is 5.89. The van der Waals surface area contributed by atoms with E-state index in [4.69, 9.17) is 45.3 Å². The van der Waals surface area contributed by atoms with Gasteiger partial charge < -0.3 is 9.84 Å². The molecule has 1 fully saturated rings. The van der Waals surface area contributed by atoms with Gasteiger partial charge in [-0.15, -0.1) is 0 Å². The van der Waals surface area contributed by atoms with Gasteiger partial charge in [-0.05, 0) is 49.5 Å². The number of hydrogen-bond acceptors (Lipinski definition) is 6. The molecule has 2 aromatic carbocycles. The van der Waals surface area contributed by atoms with Crippen molar-refractivity contribution in [3.63, 3.8) is 0 Å². The van der Waals surface area contributed by atoms with Gasteiger partial charge in [-0.2, -0.15) is 5.01 Å². The Morgan fingerprint density at radius 3 is 2.65 bits per heavy atom. The number of nitrogens with one attached hydrogen (secondary N) is 1. The number of rotatable bonds is 6. The molecule has 1 heterocycles. The first-order chi connectivity index (χ1) is 14.7. The topological polar surface area (TPSA) is 95.9 Å². The molecule has 0 radical (unpaired) electrons. The second-order valence-electron chi connectivity index (χ2n) is 6.22. The number of nitrogens with zero attached hydrogens (tertiary/aromatic N) is 1. The molecule has 11 heteroatoms. The fourth-order valence-corrected chi connectivity index (χ4v) is 4.15. The number of aliphatic carboxylic acids is 1. The first kappa shape index (κ1) is 23.1. The Morgan fingerprint density at radius 2 is 1.97 bits per heavy atom. The highest BCUT2D eigenvalue weighted by atomic mass is 35.5. The molecule has 3 rings (SSSR count).